The second-order valence-corrected chi connectivity index (χ2v) is 15.6. The van der Waals surface area contributed by atoms with Crippen LogP contribution in [0.15, 0.2) is 12.7 Å². The molecular weight excluding hydrogens is 647 g/mol. The van der Waals surface area contributed by atoms with Gasteiger partial charge in [0.05, 0.1) is 6.04 Å². The number of piperidine rings is 1. The molecule has 2 unspecified atom stereocenters. The van der Waals surface area contributed by atoms with Crippen molar-refractivity contribution in [3.63, 3.8) is 0 Å². The molecule has 0 spiro atoms. The number of carbonyl (C=O) groups excluding carboxylic acids is 6. The van der Waals surface area contributed by atoms with E-state index in [2.05, 4.69) is 27.8 Å². The number of fused-ring (bicyclic) bond motifs is 1. The molecule has 0 aromatic carbocycles. The average molecular weight is 700 g/mol. The lowest BCUT2D eigenvalue weighted by molar-refractivity contribution is -0.152. The summed E-state index contributed by atoms with van der Waals surface area (Å²) in [5.41, 5.74) is -1.28. The fourth-order valence-corrected chi connectivity index (χ4v) is 6.60. The van der Waals surface area contributed by atoms with Crippen LogP contribution in [0.1, 0.15) is 81.1 Å². The largest absolute Gasteiger partial charge is 0.461 e. The Balaban J connectivity index is 1.82. The highest BCUT2D eigenvalue weighted by Crippen LogP contribution is 2.65. The summed E-state index contributed by atoms with van der Waals surface area (Å²) in [6.45, 7) is 17.7. The molecule has 3 fully saturated rings. The van der Waals surface area contributed by atoms with Crippen LogP contribution in [0.25, 0.3) is 0 Å². The third-order valence-electron chi connectivity index (χ3n) is 9.92. The first-order chi connectivity index (χ1) is 22.5. The highest BCUT2D eigenvalue weighted by molar-refractivity contribution is 6.38. The third kappa shape index (κ3) is 9.96. The third-order valence-corrected chi connectivity index (χ3v) is 9.92. The second kappa shape index (κ2) is 15.1. The molecule has 15 heteroatoms. The Morgan fingerprint density at radius 3 is 2.12 bits per heavy atom. The van der Waals surface area contributed by atoms with E-state index in [1.165, 1.54) is 11.0 Å². The van der Waals surface area contributed by atoms with E-state index < -0.39 is 89.5 Å². The van der Waals surface area contributed by atoms with Crippen LogP contribution in [-0.4, -0.2) is 89.9 Å². The molecule has 2 saturated carbocycles. The molecule has 4 N–H and O–H groups in total. The molecule has 49 heavy (non-hydrogen) atoms. The van der Waals surface area contributed by atoms with E-state index >= 15 is 0 Å². The van der Waals surface area contributed by atoms with Gasteiger partial charge in [0.1, 0.15) is 24.2 Å². The van der Waals surface area contributed by atoms with Crippen molar-refractivity contribution in [2.45, 2.75) is 118 Å². The highest BCUT2D eigenvalue weighted by Gasteiger charge is 2.70. The summed E-state index contributed by atoms with van der Waals surface area (Å²) in [5.74, 6) is -5.05. The van der Waals surface area contributed by atoms with E-state index in [0.717, 1.165) is 12.8 Å². The summed E-state index contributed by atoms with van der Waals surface area (Å²) in [5, 5.41) is 9.89. The number of alkyl halides is 3. The Hall–Kier alpha value is -3.65. The summed E-state index contributed by atoms with van der Waals surface area (Å²) >= 11 is 0. The first-order valence-corrected chi connectivity index (χ1v) is 16.9. The molecule has 1 saturated heterocycles. The van der Waals surface area contributed by atoms with E-state index in [9.17, 15) is 41.9 Å². The second-order valence-electron chi connectivity index (χ2n) is 15.6. The van der Waals surface area contributed by atoms with Gasteiger partial charge in [-0.2, -0.15) is 13.2 Å². The molecule has 1 heterocycles. The van der Waals surface area contributed by atoms with E-state index in [0.29, 0.717) is 5.92 Å². The first-order valence-electron chi connectivity index (χ1n) is 16.9. The van der Waals surface area contributed by atoms with Gasteiger partial charge in [-0.25, -0.2) is 9.59 Å². The van der Waals surface area contributed by atoms with Crippen molar-refractivity contribution in [2.24, 2.45) is 34.5 Å². The Bertz CT molecular complexity index is 1310. The highest BCUT2D eigenvalue weighted by atomic mass is 19.4. The number of carbonyl (C=O) groups is 6. The van der Waals surface area contributed by atoms with E-state index in [1.54, 1.807) is 34.6 Å². The van der Waals surface area contributed by atoms with E-state index in [-0.39, 0.29) is 36.9 Å². The van der Waals surface area contributed by atoms with Crippen molar-refractivity contribution in [2.75, 3.05) is 13.1 Å². The number of urea groups is 1. The van der Waals surface area contributed by atoms with Gasteiger partial charge in [-0.05, 0) is 60.7 Å². The Morgan fingerprint density at radius 1 is 1.00 bits per heavy atom. The molecular formula is C34H52F3N5O7. The quantitative estimate of drug-likeness (QED) is 0.116. The normalized spacial score (nSPS) is 23.7. The Morgan fingerprint density at radius 2 is 1.61 bits per heavy atom. The number of esters is 1. The number of nitrogens with one attached hydrogen (secondary N) is 4. The predicted molar refractivity (Wildman–Crippen MR) is 174 cm³/mol. The van der Waals surface area contributed by atoms with Crippen LogP contribution in [0, 0.1) is 34.5 Å². The van der Waals surface area contributed by atoms with E-state index in [1.807, 2.05) is 20.8 Å². The number of halogens is 3. The molecule has 276 valence electrons. The zero-order valence-corrected chi connectivity index (χ0v) is 29.7. The SMILES string of the molecule is C=CCNC(=O)C(=O)C(CCC(F)(F)F)NC(=O)[C@@H]1[C@@H]2[C@H](CN1C(=O)[C@@H](NC(=O)N[C@H](C(=O)OC(C)C1CC1)C(C)C)C(C)(C)C)C2(C)C. The van der Waals surface area contributed by atoms with Gasteiger partial charge in [0.15, 0.2) is 0 Å². The zero-order chi connectivity index (χ0) is 37.2. The molecule has 12 nitrogen and oxygen atoms in total. The van der Waals surface area contributed by atoms with E-state index in [4.69, 9.17) is 4.74 Å². The van der Waals surface area contributed by atoms with Gasteiger partial charge >= 0.3 is 18.2 Å². The summed E-state index contributed by atoms with van der Waals surface area (Å²) in [6, 6.07) is -5.95. The van der Waals surface area contributed by atoms with Crippen LogP contribution in [0.4, 0.5) is 18.0 Å². The fraction of sp³-hybridized carbons (Fsp3) is 0.765. The number of likely N-dealkylation sites (tertiary alicyclic amines) is 1. The Kier molecular flexibility index (Phi) is 12.2. The zero-order valence-electron chi connectivity index (χ0n) is 29.7. The van der Waals surface area contributed by atoms with Crippen LogP contribution in [0.3, 0.4) is 0 Å². The lowest BCUT2D eigenvalue weighted by Gasteiger charge is -2.38. The topological polar surface area (TPSA) is 163 Å². The minimum Gasteiger partial charge on any atom is -0.461 e. The number of Topliss-reactive ketones (excluding diaryl/α,β-unsaturated/α-hetero) is 1. The van der Waals surface area contributed by atoms with Crippen LogP contribution in [0.5, 0.6) is 0 Å². The number of nitrogens with zero attached hydrogens (tertiary/aromatic N) is 1. The molecule has 0 bridgehead atoms. The fourth-order valence-electron chi connectivity index (χ4n) is 6.60. The van der Waals surface area contributed by atoms with Crippen LogP contribution >= 0.6 is 0 Å². The van der Waals surface area contributed by atoms with Crippen LogP contribution in [-0.2, 0) is 28.7 Å². The summed E-state index contributed by atoms with van der Waals surface area (Å²) in [7, 11) is 0. The summed E-state index contributed by atoms with van der Waals surface area (Å²) < 4.78 is 45.1. The standard InChI is InChI=1S/C34H52F3N5O7/c1-10-15-38-28(45)25(43)21(13-14-34(35,36)37)39-27(44)24-22-20(33(22,8)9)16-42(24)29(46)26(32(5,6)7)41-31(48)40-23(17(2)3)30(47)49-18(4)19-11-12-19/h10,17-24,26H,1,11-16H2,2-9H3,(H,38,45)(H,39,44)(H2,40,41,48)/t18?,20-,21?,22-,23-,24-,26+/m0/s1. The number of ketones is 1. The molecule has 7 atom stereocenters. The van der Waals surface area contributed by atoms with Gasteiger partial charge in [0.2, 0.25) is 17.6 Å². The molecule has 3 rings (SSSR count). The predicted octanol–water partition coefficient (Wildman–Crippen LogP) is 3.25. The number of hydrogen-bond donors (Lipinski definition) is 4. The molecule has 5 amide bonds. The van der Waals surface area contributed by atoms with Gasteiger partial charge in [-0.3, -0.25) is 19.2 Å². The first kappa shape index (κ1) is 39.8. The minimum absolute atomic E-state index is 0.110. The van der Waals surface area contributed by atoms with Gasteiger partial charge in [0.25, 0.3) is 5.91 Å². The number of ether oxygens (including phenoxy) is 1. The number of rotatable bonds is 15. The molecule has 0 radical (unpaired) electrons. The Labute approximate surface area is 286 Å². The van der Waals surface area contributed by atoms with Crippen molar-refractivity contribution in [3.8, 4) is 0 Å². The van der Waals surface area contributed by atoms with Crippen molar-refractivity contribution >= 4 is 35.5 Å². The van der Waals surface area contributed by atoms with Crippen LogP contribution in [0.2, 0.25) is 0 Å². The molecule has 0 aromatic heterocycles. The maximum Gasteiger partial charge on any atom is 0.389 e. The average Bonchev–Trinajstić information content (AvgIpc) is 3.87. The van der Waals surface area contributed by atoms with Crippen molar-refractivity contribution in [1.82, 2.24) is 26.2 Å². The maximum absolute atomic E-state index is 14.2. The van der Waals surface area contributed by atoms with Gasteiger partial charge in [-0.1, -0.05) is 54.5 Å². The van der Waals surface area contributed by atoms with Gasteiger partial charge in [-0.15, -0.1) is 6.58 Å². The van der Waals surface area contributed by atoms with Crippen molar-refractivity contribution in [3.05, 3.63) is 12.7 Å². The van der Waals surface area contributed by atoms with Gasteiger partial charge < -0.3 is 30.9 Å². The van der Waals surface area contributed by atoms with Crippen LogP contribution < -0.4 is 21.3 Å². The van der Waals surface area contributed by atoms with Gasteiger partial charge in [0, 0.05) is 19.5 Å². The monoisotopic (exact) mass is 699 g/mol. The lowest BCUT2D eigenvalue weighted by atomic mass is 9.85. The molecule has 3 aliphatic rings. The number of hydrogen-bond acceptors (Lipinski definition) is 7. The lowest BCUT2D eigenvalue weighted by Crippen LogP contribution is -2.62. The minimum atomic E-state index is -4.66. The molecule has 1 aliphatic heterocycles. The summed E-state index contributed by atoms with van der Waals surface area (Å²) in [4.78, 5) is 80.9. The number of amides is 5. The van der Waals surface area contributed by atoms with Crippen molar-refractivity contribution < 1.29 is 46.7 Å². The molecule has 2 aliphatic carbocycles. The van der Waals surface area contributed by atoms with Crippen molar-refractivity contribution in [1.29, 1.82) is 0 Å². The maximum atomic E-state index is 14.2. The summed E-state index contributed by atoms with van der Waals surface area (Å²) in [6.07, 6.45) is -4.04. The molecule has 0 aromatic rings. The smallest absolute Gasteiger partial charge is 0.389 e.